The Hall–Kier alpha value is -1.47. The van der Waals surface area contributed by atoms with Crippen molar-refractivity contribution >= 4 is 5.91 Å². The summed E-state index contributed by atoms with van der Waals surface area (Å²) < 4.78 is 5.29. The zero-order chi connectivity index (χ0) is 10.5. The van der Waals surface area contributed by atoms with E-state index in [1.807, 2.05) is 0 Å². The highest BCUT2D eigenvalue weighted by molar-refractivity contribution is 5.81. The topological polar surface area (TPSA) is 91.9 Å². The minimum atomic E-state index is -0.401. The van der Waals surface area contributed by atoms with Crippen LogP contribution >= 0.6 is 0 Å². The van der Waals surface area contributed by atoms with Crippen LogP contribution in [0.3, 0.4) is 0 Å². The van der Waals surface area contributed by atoms with Crippen molar-refractivity contribution in [3.8, 4) is 0 Å². The van der Waals surface area contributed by atoms with Crippen LogP contribution in [0.2, 0.25) is 0 Å². The molecule has 1 saturated heterocycles. The number of aromatic amines is 1. The molecule has 1 atom stereocenters. The Morgan fingerprint density at radius 1 is 1.73 bits per heavy atom. The van der Waals surface area contributed by atoms with Gasteiger partial charge in [-0.2, -0.15) is 5.10 Å². The average Bonchev–Trinajstić information content (AvgIpc) is 2.80. The number of aromatic nitrogens is 3. The van der Waals surface area contributed by atoms with E-state index in [1.54, 1.807) is 0 Å². The first-order valence-corrected chi connectivity index (χ1v) is 4.80. The van der Waals surface area contributed by atoms with Gasteiger partial charge in [0, 0.05) is 13.1 Å². The van der Waals surface area contributed by atoms with Crippen LogP contribution in [0.5, 0.6) is 0 Å². The number of ether oxygens (including phenoxy) is 1. The van der Waals surface area contributed by atoms with Crippen LogP contribution in [0, 0.1) is 0 Å². The Labute approximate surface area is 86.6 Å². The number of hydrogen-bond acceptors (Lipinski definition) is 5. The van der Waals surface area contributed by atoms with Crippen LogP contribution in [-0.2, 0) is 16.1 Å². The quantitative estimate of drug-likeness (QED) is 0.560. The summed E-state index contributed by atoms with van der Waals surface area (Å²) in [5.41, 5.74) is 0. The zero-order valence-corrected chi connectivity index (χ0v) is 8.19. The lowest BCUT2D eigenvalue weighted by Crippen LogP contribution is -2.47. The monoisotopic (exact) mass is 211 g/mol. The third-order valence-electron chi connectivity index (χ3n) is 2.12. The smallest absolute Gasteiger partial charge is 0.250 e. The number of H-pyrrole nitrogens is 1. The Bertz CT molecular complexity index is 307. The molecule has 1 aliphatic heterocycles. The molecule has 0 saturated carbocycles. The number of carbonyl (C=O) groups excluding carboxylic acids is 1. The van der Waals surface area contributed by atoms with Crippen LogP contribution < -0.4 is 10.6 Å². The van der Waals surface area contributed by atoms with Gasteiger partial charge in [-0.3, -0.25) is 9.89 Å². The fourth-order valence-corrected chi connectivity index (χ4v) is 1.33. The van der Waals surface area contributed by atoms with Gasteiger partial charge in [0.15, 0.2) is 0 Å². The summed E-state index contributed by atoms with van der Waals surface area (Å²) in [6.07, 6.45) is 1.00. The summed E-state index contributed by atoms with van der Waals surface area (Å²) in [7, 11) is 0. The molecule has 1 fully saturated rings. The first-order chi connectivity index (χ1) is 7.36. The summed E-state index contributed by atoms with van der Waals surface area (Å²) in [6, 6.07) is 0. The number of nitrogens with one attached hydrogen (secondary N) is 3. The molecule has 0 aliphatic carbocycles. The molecule has 82 valence electrons. The standard InChI is InChI=1S/C8H13N5O2/c14-8(6-3-9-1-2-15-6)10-4-7-11-5-12-13-7/h5-6,9H,1-4H2,(H,10,14)(H,11,12,13). The molecule has 7 heteroatoms. The number of hydrogen-bond donors (Lipinski definition) is 3. The maximum atomic E-state index is 11.6. The molecule has 1 aromatic heterocycles. The zero-order valence-electron chi connectivity index (χ0n) is 8.19. The average molecular weight is 211 g/mol. The lowest BCUT2D eigenvalue weighted by atomic mass is 10.3. The van der Waals surface area contributed by atoms with Crippen molar-refractivity contribution in [1.82, 2.24) is 25.8 Å². The number of rotatable bonds is 3. The summed E-state index contributed by atoms with van der Waals surface area (Å²) in [5, 5.41) is 12.1. The number of morpholine rings is 1. The van der Waals surface area contributed by atoms with Gasteiger partial charge < -0.3 is 15.4 Å². The van der Waals surface area contributed by atoms with E-state index in [-0.39, 0.29) is 5.91 Å². The molecule has 0 bridgehead atoms. The molecule has 3 N–H and O–H groups in total. The van der Waals surface area contributed by atoms with E-state index in [0.29, 0.717) is 25.5 Å². The molecule has 7 nitrogen and oxygen atoms in total. The molecule has 0 radical (unpaired) electrons. The van der Waals surface area contributed by atoms with E-state index < -0.39 is 6.10 Å². The highest BCUT2D eigenvalue weighted by Crippen LogP contribution is 1.96. The highest BCUT2D eigenvalue weighted by atomic mass is 16.5. The Balaban J connectivity index is 1.76. The van der Waals surface area contributed by atoms with E-state index in [1.165, 1.54) is 6.33 Å². The van der Waals surface area contributed by atoms with Crippen LogP contribution in [0.25, 0.3) is 0 Å². The minimum Gasteiger partial charge on any atom is -0.366 e. The molecule has 0 aromatic carbocycles. The van der Waals surface area contributed by atoms with E-state index in [4.69, 9.17) is 4.74 Å². The molecule has 1 aliphatic rings. The maximum absolute atomic E-state index is 11.6. The van der Waals surface area contributed by atoms with E-state index in [9.17, 15) is 4.79 Å². The normalized spacial score (nSPS) is 21.2. The highest BCUT2D eigenvalue weighted by Gasteiger charge is 2.21. The summed E-state index contributed by atoms with van der Waals surface area (Å²) in [6.45, 7) is 2.27. The van der Waals surface area contributed by atoms with Crippen LogP contribution in [0.4, 0.5) is 0 Å². The molecule has 1 amide bonds. The largest absolute Gasteiger partial charge is 0.366 e. The molecule has 1 unspecified atom stereocenters. The Kier molecular flexibility index (Phi) is 3.25. The van der Waals surface area contributed by atoms with Crippen LogP contribution in [-0.4, -0.2) is 46.9 Å². The first-order valence-electron chi connectivity index (χ1n) is 4.80. The van der Waals surface area contributed by atoms with Crippen molar-refractivity contribution in [2.24, 2.45) is 0 Å². The predicted molar refractivity (Wildman–Crippen MR) is 50.8 cm³/mol. The number of nitrogens with zero attached hydrogens (tertiary/aromatic N) is 2. The van der Waals surface area contributed by atoms with Gasteiger partial charge in [0.1, 0.15) is 18.3 Å². The molecule has 2 rings (SSSR count). The van der Waals surface area contributed by atoms with E-state index in [0.717, 1.165) is 6.54 Å². The second kappa shape index (κ2) is 4.85. The van der Waals surface area contributed by atoms with Gasteiger partial charge in [0.05, 0.1) is 13.2 Å². The molecule has 0 spiro atoms. The van der Waals surface area contributed by atoms with Gasteiger partial charge in [0.25, 0.3) is 5.91 Å². The van der Waals surface area contributed by atoms with Gasteiger partial charge >= 0.3 is 0 Å². The Morgan fingerprint density at radius 3 is 3.33 bits per heavy atom. The van der Waals surface area contributed by atoms with Crippen molar-refractivity contribution in [2.45, 2.75) is 12.6 Å². The van der Waals surface area contributed by atoms with Gasteiger partial charge in [-0.15, -0.1) is 0 Å². The molecule has 1 aromatic rings. The van der Waals surface area contributed by atoms with E-state index >= 15 is 0 Å². The molecule has 15 heavy (non-hydrogen) atoms. The van der Waals surface area contributed by atoms with Crippen LogP contribution in [0.1, 0.15) is 5.82 Å². The Morgan fingerprint density at radius 2 is 2.67 bits per heavy atom. The fourth-order valence-electron chi connectivity index (χ4n) is 1.33. The fraction of sp³-hybridized carbons (Fsp3) is 0.625. The summed E-state index contributed by atoms with van der Waals surface area (Å²) in [5.74, 6) is 0.505. The number of amides is 1. The van der Waals surface area contributed by atoms with Crippen molar-refractivity contribution < 1.29 is 9.53 Å². The third kappa shape index (κ3) is 2.74. The van der Waals surface area contributed by atoms with Gasteiger partial charge in [-0.1, -0.05) is 0 Å². The SMILES string of the molecule is O=C(NCc1ncn[nH]1)C1CNCCO1. The second-order valence-corrected chi connectivity index (χ2v) is 3.21. The third-order valence-corrected chi connectivity index (χ3v) is 2.12. The van der Waals surface area contributed by atoms with Gasteiger partial charge in [-0.25, -0.2) is 4.98 Å². The molecular formula is C8H13N5O2. The second-order valence-electron chi connectivity index (χ2n) is 3.21. The molecule has 2 heterocycles. The maximum Gasteiger partial charge on any atom is 0.250 e. The van der Waals surface area contributed by atoms with Crippen molar-refractivity contribution in [1.29, 1.82) is 0 Å². The van der Waals surface area contributed by atoms with Crippen molar-refractivity contribution in [2.75, 3.05) is 19.7 Å². The van der Waals surface area contributed by atoms with Crippen LogP contribution in [0.15, 0.2) is 6.33 Å². The lowest BCUT2D eigenvalue weighted by Gasteiger charge is -2.22. The predicted octanol–water partition coefficient (Wildman–Crippen LogP) is -1.59. The van der Waals surface area contributed by atoms with Gasteiger partial charge in [-0.05, 0) is 0 Å². The molecular weight excluding hydrogens is 198 g/mol. The summed E-state index contributed by atoms with van der Waals surface area (Å²) in [4.78, 5) is 15.5. The van der Waals surface area contributed by atoms with Gasteiger partial charge in [0.2, 0.25) is 0 Å². The summed E-state index contributed by atoms with van der Waals surface area (Å²) >= 11 is 0. The lowest BCUT2D eigenvalue weighted by molar-refractivity contribution is -0.134. The van der Waals surface area contributed by atoms with Crippen molar-refractivity contribution in [3.05, 3.63) is 12.2 Å². The minimum absolute atomic E-state index is 0.126. The van der Waals surface area contributed by atoms with E-state index in [2.05, 4.69) is 25.8 Å². The van der Waals surface area contributed by atoms with Crippen molar-refractivity contribution in [3.63, 3.8) is 0 Å². The first kappa shape index (κ1) is 10.1. The number of carbonyl (C=O) groups is 1.